The van der Waals surface area contributed by atoms with Gasteiger partial charge in [-0.3, -0.25) is 14.5 Å². The lowest BCUT2D eigenvalue weighted by atomic mass is 10.1. The molecule has 1 heterocycles. The highest BCUT2D eigenvalue weighted by Crippen LogP contribution is 2.40. The Kier molecular flexibility index (Phi) is 7.24. The molecule has 0 saturated heterocycles. The molecule has 0 bridgehead atoms. The second-order valence-electron chi connectivity index (χ2n) is 6.10. The summed E-state index contributed by atoms with van der Waals surface area (Å²) in [7, 11) is 6.48. The molecule has 9 heteroatoms. The third-order valence-corrected chi connectivity index (χ3v) is 5.24. The number of amides is 2. The quantitative estimate of drug-likeness (QED) is 0.661. The summed E-state index contributed by atoms with van der Waals surface area (Å²) >= 11 is 1.25. The fourth-order valence-electron chi connectivity index (χ4n) is 2.71. The molecule has 0 aliphatic rings. The summed E-state index contributed by atoms with van der Waals surface area (Å²) in [6.45, 7) is 2.21. The van der Waals surface area contributed by atoms with Crippen molar-refractivity contribution in [3.05, 3.63) is 34.7 Å². The number of primary amides is 1. The van der Waals surface area contributed by atoms with Gasteiger partial charge in [0, 0.05) is 12.1 Å². The molecule has 28 heavy (non-hydrogen) atoms. The number of thiophene rings is 1. The van der Waals surface area contributed by atoms with Gasteiger partial charge < -0.3 is 25.3 Å². The Bertz CT molecular complexity index is 852. The van der Waals surface area contributed by atoms with Crippen molar-refractivity contribution in [1.82, 2.24) is 4.90 Å². The van der Waals surface area contributed by atoms with Gasteiger partial charge in [-0.25, -0.2) is 0 Å². The lowest BCUT2D eigenvalue weighted by Crippen LogP contribution is -2.39. The molecule has 2 aromatic rings. The molecule has 0 saturated carbocycles. The van der Waals surface area contributed by atoms with E-state index in [1.807, 2.05) is 18.0 Å². The number of likely N-dealkylation sites (N-methyl/N-ethyl adjacent to an activating group) is 1. The Hall–Kier alpha value is -2.78. The van der Waals surface area contributed by atoms with Crippen LogP contribution >= 0.6 is 11.3 Å². The Labute approximate surface area is 168 Å². The van der Waals surface area contributed by atoms with Crippen LogP contribution in [-0.2, 0) is 11.3 Å². The maximum Gasteiger partial charge on any atom is 0.251 e. The highest BCUT2D eigenvalue weighted by atomic mass is 32.1. The van der Waals surface area contributed by atoms with E-state index in [0.717, 1.165) is 5.56 Å². The molecule has 0 aliphatic heterocycles. The fraction of sp³-hybridized carbons (Fsp3) is 0.368. The van der Waals surface area contributed by atoms with E-state index in [0.29, 0.717) is 34.4 Å². The first kappa shape index (κ1) is 21.5. The van der Waals surface area contributed by atoms with Crippen molar-refractivity contribution in [2.75, 3.05) is 33.7 Å². The lowest BCUT2D eigenvalue weighted by molar-refractivity contribution is -0.120. The third kappa shape index (κ3) is 4.55. The lowest BCUT2D eigenvalue weighted by Gasteiger charge is -2.25. The minimum atomic E-state index is -0.576. The zero-order chi connectivity index (χ0) is 20.8. The largest absolute Gasteiger partial charge is 0.493 e. The first-order valence-electron chi connectivity index (χ1n) is 8.50. The van der Waals surface area contributed by atoms with E-state index in [1.54, 1.807) is 45.8 Å². The van der Waals surface area contributed by atoms with Crippen molar-refractivity contribution in [2.24, 2.45) is 5.73 Å². The Morgan fingerprint density at radius 3 is 2.39 bits per heavy atom. The molecule has 0 radical (unpaired) electrons. The Morgan fingerprint density at radius 2 is 1.82 bits per heavy atom. The number of carbonyl (C=O) groups excluding carboxylic acids is 2. The molecular weight excluding hydrogens is 382 g/mol. The van der Waals surface area contributed by atoms with Crippen molar-refractivity contribution < 1.29 is 23.8 Å². The van der Waals surface area contributed by atoms with E-state index < -0.39 is 11.9 Å². The summed E-state index contributed by atoms with van der Waals surface area (Å²) < 4.78 is 16.2. The van der Waals surface area contributed by atoms with Crippen molar-refractivity contribution in [2.45, 2.75) is 19.5 Å². The summed E-state index contributed by atoms with van der Waals surface area (Å²) in [6.07, 6.45) is 0. The Balaban J connectivity index is 2.15. The molecule has 1 atom stereocenters. The van der Waals surface area contributed by atoms with Crippen LogP contribution in [0.15, 0.2) is 23.6 Å². The van der Waals surface area contributed by atoms with E-state index in [2.05, 4.69) is 5.32 Å². The monoisotopic (exact) mass is 407 g/mol. The molecule has 0 fully saturated rings. The minimum Gasteiger partial charge on any atom is -0.493 e. The standard InChI is InChI=1S/C19H25N3O5S/c1-11(18(24)21-19-13(17(20)23)8-9-28-19)22(2)10-12-6-7-14(25-3)16(27-5)15(12)26-4/h6-9,11H,10H2,1-5H3,(H2,20,23)(H,21,24)/t11-/m0/s1. The molecule has 152 valence electrons. The van der Waals surface area contributed by atoms with E-state index in [-0.39, 0.29) is 5.91 Å². The molecule has 3 N–H and O–H groups in total. The maximum atomic E-state index is 12.6. The molecule has 8 nitrogen and oxygen atoms in total. The molecule has 1 aromatic carbocycles. The number of anilines is 1. The summed E-state index contributed by atoms with van der Waals surface area (Å²) in [5.41, 5.74) is 6.47. The molecule has 0 unspecified atom stereocenters. The second-order valence-corrected chi connectivity index (χ2v) is 7.02. The molecular formula is C19H25N3O5S. The SMILES string of the molecule is COc1ccc(CN(C)[C@@H](C)C(=O)Nc2sccc2C(N)=O)c(OC)c1OC. The van der Waals surface area contributed by atoms with Crippen LogP contribution < -0.4 is 25.3 Å². The van der Waals surface area contributed by atoms with Gasteiger partial charge in [0.25, 0.3) is 5.91 Å². The Morgan fingerprint density at radius 1 is 1.14 bits per heavy atom. The van der Waals surface area contributed by atoms with E-state index in [9.17, 15) is 9.59 Å². The number of ether oxygens (including phenoxy) is 3. The number of nitrogens with two attached hydrogens (primary N) is 1. The van der Waals surface area contributed by atoms with Crippen molar-refractivity contribution in [1.29, 1.82) is 0 Å². The van der Waals surface area contributed by atoms with Gasteiger partial charge in [-0.15, -0.1) is 11.3 Å². The smallest absolute Gasteiger partial charge is 0.251 e. The number of hydrogen-bond donors (Lipinski definition) is 2. The highest BCUT2D eigenvalue weighted by Gasteiger charge is 2.23. The highest BCUT2D eigenvalue weighted by molar-refractivity contribution is 7.14. The van der Waals surface area contributed by atoms with Crippen LogP contribution in [0.5, 0.6) is 17.2 Å². The first-order valence-corrected chi connectivity index (χ1v) is 9.38. The number of benzene rings is 1. The van der Waals surface area contributed by atoms with Gasteiger partial charge in [0.05, 0.1) is 32.9 Å². The van der Waals surface area contributed by atoms with Crippen LogP contribution in [0.4, 0.5) is 5.00 Å². The van der Waals surface area contributed by atoms with Gasteiger partial charge in [-0.2, -0.15) is 0 Å². The van der Waals surface area contributed by atoms with Crippen LogP contribution in [0.25, 0.3) is 0 Å². The zero-order valence-electron chi connectivity index (χ0n) is 16.6. The van der Waals surface area contributed by atoms with E-state index in [4.69, 9.17) is 19.9 Å². The average molecular weight is 407 g/mol. The van der Waals surface area contributed by atoms with Crippen LogP contribution in [0.1, 0.15) is 22.8 Å². The summed E-state index contributed by atoms with van der Waals surface area (Å²) in [6, 6.07) is 4.78. The van der Waals surface area contributed by atoms with Gasteiger partial charge in [-0.05, 0) is 31.5 Å². The molecule has 0 spiro atoms. The van der Waals surface area contributed by atoms with Gasteiger partial charge in [0.1, 0.15) is 5.00 Å². The molecule has 1 aromatic heterocycles. The first-order chi connectivity index (χ1) is 13.3. The number of carbonyl (C=O) groups is 2. The van der Waals surface area contributed by atoms with Crippen LogP contribution in [0.3, 0.4) is 0 Å². The van der Waals surface area contributed by atoms with Crippen molar-refractivity contribution >= 4 is 28.2 Å². The van der Waals surface area contributed by atoms with Crippen LogP contribution in [0, 0.1) is 0 Å². The zero-order valence-corrected chi connectivity index (χ0v) is 17.4. The molecule has 0 aliphatic carbocycles. The molecule has 2 amide bonds. The normalized spacial score (nSPS) is 11.8. The summed E-state index contributed by atoms with van der Waals surface area (Å²) in [5, 5.41) is 4.92. The minimum absolute atomic E-state index is 0.244. The second kappa shape index (κ2) is 9.43. The molecule has 2 rings (SSSR count). The number of methoxy groups -OCH3 is 3. The summed E-state index contributed by atoms with van der Waals surface area (Å²) in [4.78, 5) is 25.9. The van der Waals surface area contributed by atoms with Gasteiger partial charge in [0.2, 0.25) is 11.7 Å². The van der Waals surface area contributed by atoms with Gasteiger partial charge in [0.15, 0.2) is 11.5 Å². The summed E-state index contributed by atoms with van der Waals surface area (Å²) in [5.74, 6) is 0.793. The topological polar surface area (TPSA) is 103 Å². The van der Waals surface area contributed by atoms with Crippen molar-refractivity contribution in [3.63, 3.8) is 0 Å². The van der Waals surface area contributed by atoms with Crippen LogP contribution in [0.2, 0.25) is 0 Å². The van der Waals surface area contributed by atoms with Gasteiger partial charge >= 0.3 is 0 Å². The maximum absolute atomic E-state index is 12.6. The predicted molar refractivity (Wildman–Crippen MR) is 108 cm³/mol. The average Bonchev–Trinajstić information content (AvgIpc) is 3.14. The number of nitrogens with zero attached hydrogens (tertiary/aromatic N) is 1. The van der Waals surface area contributed by atoms with E-state index in [1.165, 1.54) is 11.3 Å². The number of rotatable bonds is 9. The predicted octanol–water partition coefficient (Wildman–Crippen LogP) is 2.33. The van der Waals surface area contributed by atoms with Crippen LogP contribution in [-0.4, -0.2) is 51.1 Å². The van der Waals surface area contributed by atoms with Gasteiger partial charge in [-0.1, -0.05) is 6.07 Å². The fourth-order valence-corrected chi connectivity index (χ4v) is 3.51. The van der Waals surface area contributed by atoms with E-state index >= 15 is 0 Å². The number of hydrogen-bond acceptors (Lipinski definition) is 7. The van der Waals surface area contributed by atoms with Crippen molar-refractivity contribution in [3.8, 4) is 17.2 Å². The number of nitrogens with one attached hydrogen (secondary N) is 1. The third-order valence-electron chi connectivity index (χ3n) is 4.41.